The van der Waals surface area contributed by atoms with Crippen LogP contribution in [0.25, 0.3) is 0 Å². The van der Waals surface area contributed by atoms with Crippen molar-refractivity contribution in [3.63, 3.8) is 0 Å². The molecule has 5 heavy (non-hydrogen) atoms. The van der Waals surface area contributed by atoms with E-state index >= 15 is 0 Å². The van der Waals surface area contributed by atoms with Crippen molar-refractivity contribution in [1.29, 1.82) is 0 Å². The fourth-order valence-electron chi connectivity index (χ4n) is 0. The summed E-state index contributed by atoms with van der Waals surface area (Å²) in [4.78, 5) is 0. The standard InChI is InChI=1S/C3H5.CH3.La/c1-3-2;;/h1H2,2H3;1H3;/q2*-1;. The Morgan fingerprint density at radius 1 is 1.60 bits per heavy atom. The van der Waals surface area contributed by atoms with Gasteiger partial charge in [-0.25, -0.2) is 0 Å². The second-order valence-corrected chi connectivity index (χ2v) is 0.354. The summed E-state index contributed by atoms with van der Waals surface area (Å²) >= 11 is 0. The smallest absolute Gasteiger partial charge is 0 e. The van der Waals surface area contributed by atoms with Gasteiger partial charge in [0.15, 0.2) is 0 Å². The Hall–Kier alpha value is 0.935. The summed E-state index contributed by atoms with van der Waals surface area (Å²) in [5.74, 6) is 0. The molecule has 0 heterocycles. The number of hydrogen-bond donors (Lipinski definition) is 0. The van der Waals surface area contributed by atoms with Gasteiger partial charge in [-0.1, -0.05) is 0 Å². The van der Waals surface area contributed by atoms with E-state index in [9.17, 15) is 0 Å². The Bertz CT molecular complexity index is 11.1. The van der Waals surface area contributed by atoms with Gasteiger partial charge < -0.3 is 13.5 Å². The molecule has 0 aromatic heterocycles. The first-order chi connectivity index (χ1) is 1.41. The normalized spacial score (nSPS) is 2.60. The van der Waals surface area contributed by atoms with Crippen molar-refractivity contribution in [1.82, 2.24) is 0 Å². The Labute approximate surface area is 62.3 Å². The molecule has 0 fully saturated rings. The van der Waals surface area contributed by atoms with E-state index in [1.165, 1.54) is 0 Å². The van der Waals surface area contributed by atoms with Gasteiger partial charge >= 0.3 is 0 Å². The molecule has 0 saturated heterocycles. The summed E-state index contributed by atoms with van der Waals surface area (Å²) in [5, 5.41) is 0. The van der Waals surface area contributed by atoms with Gasteiger partial charge in [0.2, 0.25) is 0 Å². The van der Waals surface area contributed by atoms with Crippen LogP contribution in [0.3, 0.4) is 0 Å². The van der Waals surface area contributed by atoms with Crippen LogP contribution in [-0.4, -0.2) is 0 Å². The van der Waals surface area contributed by atoms with Crippen LogP contribution in [0.4, 0.5) is 0 Å². The van der Waals surface area contributed by atoms with Gasteiger partial charge in [-0.05, 0) is 0 Å². The third kappa shape index (κ3) is 48.6. The SMILES string of the molecule is C=[C-]C.[CH3-].[La]. The second kappa shape index (κ2) is 20.4. The summed E-state index contributed by atoms with van der Waals surface area (Å²) in [6.07, 6.45) is 2.50. The van der Waals surface area contributed by atoms with Crippen LogP contribution in [0.2, 0.25) is 0 Å². The average molecular weight is 195 g/mol. The molecule has 0 nitrogen and oxygen atoms in total. The molecule has 0 atom stereocenters. The van der Waals surface area contributed by atoms with Crippen molar-refractivity contribution in [2.75, 3.05) is 0 Å². The zero-order valence-corrected chi connectivity index (χ0v) is 7.41. The largest absolute Gasteiger partial charge is 0.507 e. The Balaban J connectivity index is -0.0000000200. The van der Waals surface area contributed by atoms with Crippen molar-refractivity contribution in [3.8, 4) is 0 Å². The predicted octanol–water partition coefficient (Wildman–Crippen LogP) is 1.45. The number of allylic oxidation sites excluding steroid dienone is 1. The molecule has 0 aliphatic heterocycles. The van der Waals surface area contributed by atoms with E-state index in [1.807, 2.05) is 0 Å². The first kappa shape index (κ1) is 16.8. The van der Waals surface area contributed by atoms with Gasteiger partial charge in [-0.2, -0.15) is 6.92 Å². The molecule has 29 valence electrons. The van der Waals surface area contributed by atoms with E-state index in [4.69, 9.17) is 0 Å². The van der Waals surface area contributed by atoms with Crippen molar-refractivity contribution in [3.05, 3.63) is 20.1 Å². The molecule has 0 aliphatic rings. The molecule has 0 amide bonds. The van der Waals surface area contributed by atoms with Crippen LogP contribution in [0, 0.1) is 49.1 Å². The maximum atomic E-state index is 3.24. The van der Waals surface area contributed by atoms with Gasteiger partial charge in [0.25, 0.3) is 0 Å². The van der Waals surface area contributed by atoms with Crippen molar-refractivity contribution in [2.24, 2.45) is 0 Å². The van der Waals surface area contributed by atoms with E-state index in [0.29, 0.717) is 0 Å². The minimum atomic E-state index is 0. The fraction of sp³-hybridized carbons (Fsp3) is 0.250. The summed E-state index contributed by atoms with van der Waals surface area (Å²) in [5.41, 5.74) is 0. The zero-order chi connectivity index (χ0) is 2.71. The van der Waals surface area contributed by atoms with Crippen LogP contribution in [0.1, 0.15) is 6.92 Å². The Kier molecular flexibility index (Phi) is 68.5. The molecule has 0 unspecified atom stereocenters. The second-order valence-electron chi connectivity index (χ2n) is 0.354. The Morgan fingerprint density at radius 3 is 1.60 bits per heavy atom. The molecule has 0 aromatic carbocycles. The van der Waals surface area contributed by atoms with E-state index in [1.54, 1.807) is 6.92 Å². The number of rotatable bonds is 0. The molecule has 1 heteroatoms. The molecule has 0 aromatic rings. The van der Waals surface area contributed by atoms with Gasteiger partial charge in [-0.3, -0.25) is 6.58 Å². The van der Waals surface area contributed by atoms with E-state index < -0.39 is 0 Å². The van der Waals surface area contributed by atoms with Gasteiger partial charge in [0.1, 0.15) is 0 Å². The van der Waals surface area contributed by atoms with E-state index in [0.717, 1.165) is 0 Å². The summed E-state index contributed by atoms with van der Waals surface area (Å²) in [6, 6.07) is 0. The Morgan fingerprint density at radius 2 is 1.60 bits per heavy atom. The maximum absolute atomic E-state index is 3.24. The monoisotopic (exact) mass is 195 g/mol. The van der Waals surface area contributed by atoms with E-state index in [2.05, 4.69) is 12.7 Å². The minimum Gasteiger partial charge on any atom is -0.507 e. The van der Waals surface area contributed by atoms with Crippen molar-refractivity contribution in [2.45, 2.75) is 6.92 Å². The molecule has 0 spiro atoms. The van der Waals surface area contributed by atoms with Gasteiger partial charge in [0.05, 0.1) is 0 Å². The first-order valence-corrected chi connectivity index (χ1v) is 0.854. The minimum absolute atomic E-state index is 0. The molecule has 0 aliphatic carbocycles. The van der Waals surface area contributed by atoms with Crippen LogP contribution < -0.4 is 0 Å². The number of hydrogen-bond acceptors (Lipinski definition) is 0. The molecule has 0 saturated carbocycles. The third-order valence-corrected chi connectivity index (χ3v) is 0. The molecule has 0 bridgehead atoms. The van der Waals surface area contributed by atoms with Gasteiger partial charge in [-0.15, -0.1) is 0 Å². The van der Waals surface area contributed by atoms with Crippen LogP contribution in [0.15, 0.2) is 6.58 Å². The van der Waals surface area contributed by atoms with Crippen LogP contribution in [-0.2, 0) is 0 Å². The van der Waals surface area contributed by atoms with Crippen molar-refractivity contribution < 1.29 is 35.6 Å². The molecular formula is C4H8La-2. The summed E-state index contributed by atoms with van der Waals surface area (Å²) < 4.78 is 0. The molecular weight excluding hydrogens is 187 g/mol. The molecule has 0 rings (SSSR count). The van der Waals surface area contributed by atoms with Crippen molar-refractivity contribution >= 4 is 0 Å². The third-order valence-electron chi connectivity index (χ3n) is 0. The summed E-state index contributed by atoms with van der Waals surface area (Å²) in [7, 11) is 0. The van der Waals surface area contributed by atoms with Crippen LogP contribution >= 0.6 is 0 Å². The maximum Gasteiger partial charge on any atom is 0 e. The average Bonchev–Trinajstić information content (AvgIpc) is 0.918. The molecule has 0 N–H and O–H groups in total. The quantitative estimate of drug-likeness (QED) is 0.513. The first-order valence-electron chi connectivity index (χ1n) is 0.854. The summed E-state index contributed by atoms with van der Waals surface area (Å²) in [6.45, 7) is 5.00. The van der Waals surface area contributed by atoms with Crippen LogP contribution in [0.5, 0.6) is 0 Å². The fourth-order valence-corrected chi connectivity index (χ4v) is 0. The zero-order valence-electron chi connectivity index (χ0n) is 3.78. The topological polar surface area (TPSA) is 0 Å². The molecule has 1 radical (unpaired) electrons. The van der Waals surface area contributed by atoms with Gasteiger partial charge in [0, 0.05) is 35.6 Å². The van der Waals surface area contributed by atoms with E-state index in [-0.39, 0.29) is 43.0 Å². The predicted molar refractivity (Wildman–Crippen MR) is 21.0 cm³/mol.